The van der Waals surface area contributed by atoms with Crippen molar-refractivity contribution in [2.24, 2.45) is 5.10 Å². The van der Waals surface area contributed by atoms with E-state index in [-0.39, 0.29) is 53.8 Å². The number of rotatable bonds is 7. The predicted octanol–water partition coefficient (Wildman–Crippen LogP) is 0.862. The van der Waals surface area contributed by atoms with Crippen molar-refractivity contribution in [1.29, 1.82) is 0 Å². The molecule has 3 heterocycles. The molecule has 1 saturated heterocycles. The number of anilines is 1. The van der Waals surface area contributed by atoms with Crippen LogP contribution in [0.2, 0.25) is 0 Å². The van der Waals surface area contributed by atoms with Gasteiger partial charge in [-0.05, 0) is 42.8 Å². The molecule has 2 aliphatic rings. The summed E-state index contributed by atoms with van der Waals surface area (Å²) in [7, 11) is -6.99. The molecule has 1 atom stereocenters. The number of hydrazone groups is 1. The van der Waals surface area contributed by atoms with E-state index < -0.39 is 31.8 Å². The van der Waals surface area contributed by atoms with Gasteiger partial charge in [-0.25, -0.2) is 26.6 Å². The first kappa shape index (κ1) is 23.1. The SMILES string of the molecule is O=C(Nc1ccc(S(=O)(=O)NCc2ccco2)cc1)C1=NN([C@H]2CCS(=O)(=O)C2)C(=O)CC1. The Hall–Kier alpha value is -3.03. The van der Waals surface area contributed by atoms with Gasteiger partial charge in [-0.2, -0.15) is 5.10 Å². The van der Waals surface area contributed by atoms with Crippen LogP contribution in [0.1, 0.15) is 25.0 Å². The molecule has 0 bridgehead atoms. The Labute approximate surface area is 190 Å². The van der Waals surface area contributed by atoms with Gasteiger partial charge in [-0.15, -0.1) is 0 Å². The summed E-state index contributed by atoms with van der Waals surface area (Å²) in [5.74, 6) is -0.561. The molecule has 176 valence electrons. The van der Waals surface area contributed by atoms with Crippen molar-refractivity contribution in [3.8, 4) is 0 Å². The number of carbonyl (C=O) groups is 2. The highest BCUT2D eigenvalue weighted by Crippen LogP contribution is 2.23. The quantitative estimate of drug-likeness (QED) is 0.578. The van der Waals surface area contributed by atoms with E-state index >= 15 is 0 Å². The van der Waals surface area contributed by atoms with Gasteiger partial charge < -0.3 is 9.73 Å². The number of hydrogen-bond donors (Lipinski definition) is 2. The zero-order valence-corrected chi connectivity index (χ0v) is 19.1. The Morgan fingerprint density at radius 2 is 1.94 bits per heavy atom. The van der Waals surface area contributed by atoms with Crippen LogP contribution in [0.25, 0.3) is 0 Å². The smallest absolute Gasteiger partial charge is 0.271 e. The molecule has 1 aromatic carbocycles. The molecule has 0 spiro atoms. The molecule has 0 unspecified atom stereocenters. The first-order valence-corrected chi connectivity index (χ1v) is 13.5. The molecule has 2 aliphatic heterocycles. The molecule has 0 aliphatic carbocycles. The van der Waals surface area contributed by atoms with Crippen LogP contribution in [0, 0.1) is 0 Å². The van der Waals surface area contributed by atoms with E-state index in [1.165, 1.54) is 30.5 Å². The minimum absolute atomic E-state index is 0.00512. The summed E-state index contributed by atoms with van der Waals surface area (Å²) < 4.78 is 55.8. The first-order valence-electron chi connectivity index (χ1n) is 10.2. The highest BCUT2D eigenvalue weighted by atomic mass is 32.2. The maximum Gasteiger partial charge on any atom is 0.271 e. The van der Waals surface area contributed by atoms with Gasteiger partial charge in [-0.1, -0.05) is 0 Å². The van der Waals surface area contributed by atoms with Crippen molar-refractivity contribution in [1.82, 2.24) is 9.73 Å². The van der Waals surface area contributed by atoms with Crippen LogP contribution in [0.4, 0.5) is 5.69 Å². The fourth-order valence-corrected chi connectivity index (χ4v) is 6.26. The van der Waals surface area contributed by atoms with E-state index in [9.17, 15) is 26.4 Å². The Balaban J connectivity index is 1.41. The summed E-state index contributed by atoms with van der Waals surface area (Å²) in [4.78, 5) is 24.9. The Morgan fingerprint density at radius 3 is 2.58 bits per heavy atom. The Bertz CT molecular complexity index is 1280. The molecule has 11 nitrogen and oxygen atoms in total. The molecule has 0 saturated carbocycles. The van der Waals surface area contributed by atoms with Gasteiger partial charge in [0.05, 0.1) is 35.3 Å². The molecule has 1 fully saturated rings. The third-order valence-electron chi connectivity index (χ3n) is 5.32. The zero-order valence-electron chi connectivity index (χ0n) is 17.4. The predicted molar refractivity (Wildman–Crippen MR) is 118 cm³/mol. The average molecular weight is 495 g/mol. The van der Waals surface area contributed by atoms with Gasteiger partial charge in [-0.3, -0.25) is 9.59 Å². The first-order chi connectivity index (χ1) is 15.6. The van der Waals surface area contributed by atoms with Crippen molar-refractivity contribution < 1.29 is 30.8 Å². The van der Waals surface area contributed by atoms with Gasteiger partial charge >= 0.3 is 0 Å². The fraction of sp³-hybridized carbons (Fsp3) is 0.350. The second kappa shape index (κ2) is 9.08. The molecule has 4 rings (SSSR count). The normalized spacial score (nSPS) is 20.5. The van der Waals surface area contributed by atoms with Crippen molar-refractivity contribution in [3.63, 3.8) is 0 Å². The van der Waals surface area contributed by atoms with E-state index in [4.69, 9.17) is 4.42 Å². The minimum Gasteiger partial charge on any atom is -0.468 e. The number of furan rings is 1. The van der Waals surface area contributed by atoms with E-state index in [1.54, 1.807) is 12.1 Å². The van der Waals surface area contributed by atoms with Crippen molar-refractivity contribution in [2.45, 2.75) is 36.7 Å². The number of nitrogens with zero attached hydrogens (tertiary/aromatic N) is 2. The number of sulfone groups is 1. The van der Waals surface area contributed by atoms with Gasteiger partial charge in [0.2, 0.25) is 15.9 Å². The van der Waals surface area contributed by atoms with Crippen LogP contribution in [0.5, 0.6) is 0 Å². The molecular formula is C20H22N4O7S2. The molecule has 33 heavy (non-hydrogen) atoms. The fourth-order valence-electron chi connectivity index (χ4n) is 3.57. The van der Waals surface area contributed by atoms with Crippen LogP contribution >= 0.6 is 0 Å². The van der Waals surface area contributed by atoms with Crippen LogP contribution in [-0.2, 0) is 36.0 Å². The van der Waals surface area contributed by atoms with E-state index in [2.05, 4.69) is 15.1 Å². The van der Waals surface area contributed by atoms with E-state index in [0.717, 1.165) is 5.01 Å². The highest BCUT2D eigenvalue weighted by Gasteiger charge is 2.37. The van der Waals surface area contributed by atoms with Crippen LogP contribution in [-0.4, -0.2) is 56.9 Å². The number of benzene rings is 1. The molecule has 2 N–H and O–H groups in total. The lowest BCUT2D eigenvalue weighted by molar-refractivity contribution is -0.133. The summed E-state index contributed by atoms with van der Waals surface area (Å²) in [5, 5.41) is 7.87. The second-order valence-corrected chi connectivity index (χ2v) is 11.7. The lowest BCUT2D eigenvalue weighted by Gasteiger charge is -2.27. The Kier molecular flexibility index (Phi) is 6.36. The third-order valence-corrected chi connectivity index (χ3v) is 8.48. The molecule has 2 aromatic rings. The number of sulfonamides is 1. The number of nitrogens with one attached hydrogen (secondary N) is 2. The number of carbonyl (C=O) groups excluding carboxylic acids is 2. The minimum atomic E-state index is -3.77. The van der Waals surface area contributed by atoms with Crippen molar-refractivity contribution >= 4 is 43.1 Å². The van der Waals surface area contributed by atoms with Crippen molar-refractivity contribution in [2.75, 3.05) is 16.8 Å². The molecule has 13 heteroatoms. The van der Waals surface area contributed by atoms with E-state index in [1.807, 2.05) is 0 Å². The summed E-state index contributed by atoms with van der Waals surface area (Å²) in [6, 6.07) is 8.32. The lowest BCUT2D eigenvalue weighted by Crippen LogP contribution is -2.42. The molecule has 0 radical (unpaired) electrons. The highest BCUT2D eigenvalue weighted by molar-refractivity contribution is 7.91. The second-order valence-electron chi connectivity index (χ2n) is 7.72. The van der Waals surface area contributed by atoms with Crippen LogP contribution in [0.15, 0.2) is 57.1 Å². The monoisotopic (exact) mass is 494 g/mol. The van der Waals surface area contributed by atoms with Crippen LogP contribution in [0.3, 0.4) is 0 Å². The van der Waals surface area contributed by atoms with Gasteiger partial charge in [0.1, 0.15) is 11.5 Å². The Morgan fingerprint density at radius 1 is 1.18 bits per heavy atom. The van der Waals surface area contributed by atoms with Crippen molar-refractivity contribution in [3.05, 3.63) is 48.4 Å². The van der Waals surface area contributed by atoms with Gasteiger partial charge in [0, 0.05) is 18.5 Å². The van der Waals surface area contributed by atoms with E-state index in [0.29, 0.717) is 11.4 Å². The van der Waals surface area contributed by atoms with Gasteiger partial charge in [0.15, 0.2) is 9.84 Å². The molecule has 2 amide bonds. The zero-order chi connectivity index (χ0) is 23.6. The molecular weight excluding hydrogens is 472 g/mol. The standard InChI is InChI=1S/C20H22N4O7S2/c25-19-8-7-18(23-24(19)15-9-11-32(27,28)13-15)20(26)22-14-3-5-17(6-4-14)33(29,30)21-12-16-2-1-10-31-16/h1-6,10,15,21H,7-9,11-13H2,(H,22,26)/t15-/m0/s1. The molecule has 1 aromatic heterocycles. The topological polar surface area (TPSA) is 155 Å². The third kappa shape index (κ3) is 5.49. The summed E-state index contributed by atoms with van der Waals surface area (Å²) in [6.07, 6.45) is 1.92. The lowest BCUT2D eigenvalue weighted by atomic mass is 10.1. The van der Waals surface area contributed by atoms with Gasteiger partial charge in [0.25, 0.3) is 5.91 Å². The number of amides is 2. The maximum absolute atomic E-state index is 12.6. The summed E-state index contributed by atoms with van der Waals surface area (Å²) >= 11 is 0. The average Bonchev–Trinajstić information content (AvgIpc) is 3.42. The summed E-state index contributed by atoms with van der Waals surface area (Å²) in [6.45, 7) is 0.00512. The van der Waals surface area contributed by atoms with Crippen LogP contribution < -0.4 is 10.0 Å². The largest absolute Gasteiger partial charge is 0.468 e. The number of hydrogen-bond acceptors (Lipinski definition) is 8. The maximum atomic E-state index is 12.6. The summed E-state index contributed by atoms with van der Waals surface area (Å²) in [5.41, 5.74) is 0.454.